The van der Waals surface area contributed by atoms with Gasteiger partial charge in [0.25, 0.3) is 0 Å². The topological polar surface area (TPSA) is 106 Å². The van der Waals surface area contributed by atoms with Gasteiger partial charge < -0.3 is 29.3 Å². The number of hydrogen-bond acceptors (Lipinski definition) is 6. The van der Waals surface area contributed by atoms with Gasteiger partial charge >= 0.3 is 5.97 Å². The molecular formula is C30H31NO7. The summed E-state index contributed by atoms with van der Waals surface area (Å²) in [7, 11) is 0. The van der Waals surface area contributed by atoms with E-state index in [4.69, 9.17) is 24.4 Å². The number of fused-ring (bicyclic) bond motifs is 1. The normalized spacial score (nSPS) is 16.4. The zero-order valence-electron chi connectivity index (χ0n) is 21.5. The molecule has 38 heavy (non-hydrogen) atoms. The standard InChI is InChI=1S/C30H31NO7/c1-18-8-24(38-25-13-31(14-25)28(33)15-32)9-19(2)30(18)21-5-3-4-20(10-21)16-36-23-6-7-26-22(11-29(34)35)17-37-27(26)12-23/h3-10,12,22,25,32H,11,13-17H2,1-2H3,(H,34,35)/t22-/m1/s1. The third-order valence-corrected chi connectivity index (χ3v) is 7.05. The van der Waals surface area contributed by atoms with Gasteiger partial charge in [-0.05, 0) is 65.9 Å². The molecule has 1 saturated heterocycles. The molecule has 0 spiro atoms. The van der Waals surface area contributed by atoms with Crippen molar-refractivity contribution in [3.63, 3.8) is 0 Å². The number of rotatable bonds is 9. The van der Waals surface area contributed by atoms with E-state index < -0.39 is 12.6 Å². The van der Waals surface area contributed by atoms with Crippen molar-refractivity contribution >= 4 is 11.9 Å². The maximum Gasteiger partial charge on any atom is 0.304 e. The molecule has 0 bridgehead atoms. The van der Waals surface area contributed by atoms with Crippen LogP contribution in [-0.2, 0) is 16.2 Å². The second-order valence-corrected chi connectivity index (χ2v) is 9.92. The first-order valence-electron chi connectivity index (χ1n) is 12.7. The molecule has 0 saturated carbocycles. The van der Waals surface area contributed by atoms with Crippen LogP contribution in [0, 0.1) is 13.8 Å². The van der Waals surface area contributed by atoms with Gasteiger partial charge in [0.05, 0.1) is 26.1 Å². The van der Waals surface area contributed by atoms with Crippen LogP contribution in [0.1, 0.15) is 34.6 Å². The van der Waals surface area contributed by atoms with Gasteiger partial charge in [-0.1, -0.05) is 24.3 Å². The van der Waals surface area contributed by atoms with Crippen LogP contribution >= 0.6 is 0 Å². The number of aryl methyl sites for hydroxylation is 2. The van der Waals surface area contributed by atoms with Crippen LogP contribution in [0.3, 0.4) is 0 Å². The largest absolute Gasteiger partial charge is 0.492 e. The number of aliphatic hydroxyl groups is 1. The molecule has 2 N–H and O–H groups in total. The van der Waals surface area contributed by atoms with Gasteiger partial charge in [-0.3, -0.25) is 9.59 Å². The summed E-state index contributed by atoms with van der Waals surface area (Å²) < 4.78 is 17.8. The molecule has 5 rings (SSSR count). The fourth-order valence-corrected chi connectivity index (χ4v) is 5.17. The highest BCUT2D eigenvalue weighted by atomic mass is 16.5. The molecule has 0 aromatic heterocycles. The highest BCUT2D eigenvalue weighted by Crippen LogP contribution is 2.38. The van der Waals surface area contributed by atoms with Crippen LogP contribution in [0.2, 0.25) is 0 Å². The number of carboxylic acids is 1. The van der Waals surface area contributed by atoms with E-state index in [1.54, 1.807) is 4.90 Å². The van der Waals surface area contributed by atoms with E-state index in [0.717, 1.165) is 39.1 Å². The fourth-order valence-electron chi connectivity index (χ4n) is 5.17. The maximum atomic E-state index is 11.5. The van der Waals surface area contributed by atoms with Crippen molar-refractivity contribution in [1.82, 2.24) is 4.90 Å². The molecule has 8 heteroatoms. The van der Waals surface area contributed by atoms with E-state index in [9.17, 15) is 9.59 Å². The number of aliphatic carboxylic acids is 1. The minimum atomic E-state index is -0.832. The first-order valence-corrected chi connectivity index (χ1v) is 12.7. The first kappa shape index (κ1) is 25.6. The Bertz CT molecular complexity index is 1340. The van der Waals surface area contributed by atoms with Gasteiger partial charge in [-0.15, -0.1) is 0 Å². The maximum absolute atomic E-state index is 11.5. The third kappa shape index (κ3) is 5.45. The molecule has 198 valence electrons. The van der Waals surface area contributed by atoms with Gasteiger partial charge in [-0.2, -0.15) is 0 Å². The van der Waals surface area contributed by atoms with Gasteiger partial charge in [0.15, 0.2) is 0 Å². The Labute approximate surface area is 221 Å². The van der Waals surface area contributed by atoms with Crippen LogP contribution in [0.15, 0.2) is 54.6 Å². The number of ether oxygens (including phenoxy) is 3. The van der Waals surface area contributed by atoms with Crippen molar-refractivity contribution in [3.05, 3.63) is 76.9 Å². The number of nitrogens with zero attached hydrogens (tertiary/aromatic N) is 1. The van der Waals surface area contributed by atoms with Crippen LogP contribution in [0.5, 0.6) is 17.2 Å². The SMILES string of the molecule is Cc1cc(OC2CN(C(=O)CO)C2)cc(C)c1-c1cccc(COc2ccc3c(c2)OC[C@H]3CC(=O)O)c1. The van der Waals surface area contributed by atoms with Gasteiger partial charge in [0.1, 0.15) is 36.6 Å². The molecule has 2 heterocycles. The molecule has 2 aliphatic rings. The molecule has 0 unspecified atom stereocenters. The lowest BCUT2D eigenvalue weighted by atomic mass is 9.94. The Hall–Kier alpha value is -4.04. The number of hydrogen-bond donors (Lipinski definition) is 2. The Morgan fingerprint density at radius 1 is 1.03 bits per heavy atom. The highest BCUT2D eigenvalue weighted by Gasteiger charge is 2.32. The van der Waals surface area contributed by atoms with E-state index in [2.05, 4.69) is 26.0 Å². The van der Waals surface area contributed by atoms with Crippen molar-refractivity contribution in [2.24, 2.45) is 0 Å². The van der Waals surface area contributed by atoms with Gasteiger partial charge in [0, 0.05) is 17.5 Å². The van der Waals surface area contributed by atoms with Crippen molar-refractivity contribution in [2.45, 2.75) is 38.9 Å². The fraction of sp³-hybridized carbons (Fsp3) is 0.333. The second kappa shape index (κ2) is 10.8. The summed E-state index contributed by atoms with van der Waals surface area (Å²) in [5.41, 5.74) is 6.34. The van der Waals surface area contributed by atoms with Crippen molar-refractivity contribution < 1.29 is 34.0 Å². The molecule has 8 nitrogen and oxygen atoms in total. The summed E-state index contributed by atoms with van der Waals surface area (Å²) in [6.07, 6.45) is -0.0141. The molecule has 3 aromatic carbocycles. The summed E-state index contributed by atoms with van der Waals surface area (Å²) in [5, 5.41) is 18.1. The molecular weight excluding hydrogens is 486 g/mol. The summed E-state index contributed by atoms with van der Waals surface area (Å²) in [5.74, 6) is 0.898. The van der Waals surface area contributed by atoms with Crippen molar-refractivity contribution in [3.8, 4) is 28.4 Å². The van der Waals surface area contributed by atoms with E-state index in [-0.39, 0.29) is 24.3 Å². The average Bonchev–Trinajstić information content (AvgIpc) is 3.25. The third-order valence-electron chi connectivity index (χ3n) is 7.05. The quantitative estimate of drug-likeness (QED) is 0.441. The summed E-state index contributed by atoms with van der Waals surface area (Å²) in [6, 6.07) is 17.9. The lowest BCUT2D eigenvalue weighted by Crippen LogP contribution is -2.56. The lowest BCUT2D eigenvalue weighted by molar-refractivity contribution is -0.143. The lowest BCUT2D eigenvalue weighted by Gasteiger charge is -2.38. The molecule has 3 aromatic rings. The Morgan fingerprint density at radius 3 is 2.50 bits per heavy atom. The van der Waals surface area contributed by atoms with E-state index in [0.29, 0.717) is 37.8 Å². The van der Waals surface area contributed by atoms with Crippen LogP contribution in [-0.4, -0.2) is 59.4 Å². The number of likely N-dealkylation sites (tertiary alicyclic amines) is 1. The molecule has 1 amide bonds. The highest BCUT2D eigenvalue weighted by molar-refractivity contribution is 5.78. The number of aliphatic hydroxyl groups excluding tert-OH is 1. The first-order chi connectivity index (χ1) is 18.3. The minimum absolute atomic E-state index is 0.0523. The van der Waals surface area contributed by atoms with Crippen LogP contribution < -0.4 is 14.2 Å². The minimum Gasteiger partial charge on any atom is -0.492 e. The number of benzene rings is 3. The molecule has 2 aliphatic heterocycles. The Balaban J connectivity index is 1.24. The molecule has 1 fully saturated rings. The predicted molar refractivity (Wildman–Crippen MR) is 141 cm³/mol. The summed E-state index contributed by atoms with van der Waals surface area (Å²) in [4.78, 5) is 24.2. The van der Waals surface area contributed by atoms with E-state index in [1.807, 2.05) is 42.5 Å². The zero-order valence-corrected chi connectivity index (χ0v) is 21.5. The van der Waals surface area contributed by atoms with Gasteiger partial charge in [0.2, 0.25) is 5.91 Å². The summed E-state index contributed by atoms with van der Waals surface area (Å²) in [6.45, 7) is 5.38. The number of amides is 1. The Kier molecular flexibility index (Phi) is 7.24. The van der Waals surface area contributed by atoms with Gasteiger partial charge in [-0.25, -0.2) is 0 Å². The number of carbonyl (C=O) groups excluding carboxylic acids is 1. The Morgan fingerprint density at radius 2 is 1.79 bits per heavy atom. The monoisotopic (exact) mass is 517 g/mol. The zero-order chi connectivity index (χ0) is 26.8. The smallest absolute Gasteiger partial charge is 0.304 e. The van der Waals surface area contributed by atoms with E-state index in [1.165, 1.54) is 0 Å². The van der Waals surface area contributed by atoms with Crippen molar-refractivity contribution in [2.75, 3.05) is 26.3 Å². The average molecular weight is 518 g/mol. The number of carbonyl (C=O) groups is 2. The molecule has 0 aliphatic carbocycles. The van der Waals surface area contributed by atoms with Crippen molar-refractivity contribution in [1.29, 1.82) is 0 Å². The molecule has 1 atom stereocenters. The molecule has 0 radical (unpaired) electrons. The van der Waals surface area contributed by atoms with Crippen LogP contribution in [0.25, 0.3) is 11.1 Å². The predicted octanol–water partition coefficient (Wildman–Crippen LogP) is 4.08. The van der Waals surface area contributed by atoms with Crippen LogP contribution in [0.4, 0.5) is 0 Å². The number of carboxylic acid groups (broad SMARTS) is 1. The second-order valence-electron chi connectivity index (χ2n) is 9.92. The van der Waals surface area contributed by atoms with E-state index >= 15 is 0 Å². The summed E-state index contributed by atoms with van der Waals surface area (Å²) >= 11 is 0.